The van der Waals surface area contributed by atoms with E-state index >= 15 is 0 Å². The molecule has 158 valence electrons. The van der Waals surface area contributed by atoms with Crippen LogP contribution in [-0.4, -0.2) is 23.4 Å². The minimum Gasteiger partial charge on any atom is -0.368 e. The van der Waals surface area contributed by atoms with Crippen LogP contribution in [0.25, 0.3) is 0 Å². The van der Waals surface area contributed by atoms with Gasteiger partial charge in [-0.25, -0.2) is 0 Å². The third-order valence-corrected chi connectivity index (χ3v) is 7.08. The first-order chi connectivity index (χ1) is 13.6. The molecule has 0 aromatic heterocycles. The normalized spacial score (nSPS) is 12.9. The summed E-state index contributed by atoms with van der Waals surface area (Å²) in [7, 11) is -3.64. The first-order valence-corrected chi connectivity index (χ1v) is 12.1. The number of hydrogen-bond donors (Lipinski definition) is 1. The number of hydrogen-bond acceptors (Lipinski definition) is 7. The fourth-order valence-electron chi connectivity index (χ4n) is 2.70. The number of benzene rings is 2. The molecule has 0 fully saturated rings. The van der Waals surface area contributed by atoms with E-state index in [0.717, 1.165) is 10.5 Å². The van der Waals surface area contributed by atoms with Crippen LogP contribution in [0.5, 0.6) is 0 Å². The Bertz CT molecular complexity index is 842. The summed E-state index contributed by atoms with van der Waals surface area (Å²) in [6.07, 6.45) is 1.36. The van der Waals surface area contributed by atoms with E-state index in [4.69, 9.17) is 9.05 Å². The number of thioether (sulfide) groups is 1. The Balaban J connectivity index is 2.47. The number of nitrogens with one attached hydrogen (secondary N) is 1. The predicted octanol–water partition coefficient (Wildman–Crippen LogP) is 6.47. The molecule has 2 aromatic rings. The zero-order chi connectivity index (χ0) is 21.6. The lowest BCUT2D eigenvalue weighted by Gasteiger charge is -2.31. The van der Waals surface area contributed by atoms with Crippen molar-refractivity contribution in [2.75, 3.05) is 11.6 Å². The summed E-state index contributed by atoms with van der Waals surface area (Å²) >= 11 is 1.61. The highest BCUT2D eigenvalue weighted by atomic mass is 32.2. The minimum absolute atomic E-state index is 0.0172. The highest BCUT2D eigenvalue weighted by Crippen LogP contribution is 2.62. The van der Waals surface area contributed by atoms with Crippen molar-refractivity contribution in [1.82, 2.24) is 0 Å². The van der Waals surface area contributed by atoms with Crippen LogP contribution in [0.1, 0.15) is 39.0 Å². The second kappa shape index (κ2) is 10.3. The minimum atomic E-state index is -3.64. The van der Waals surface area contributed by atoms with Crippen molar-refractivity contribution in [3.8, 4) is 0 Å². The zero-order valence-electron chi connectivity index (χ0n) is 17.2. The molecule has 0 heterocycles. The van der Waals surface area contributed by atoms with Gasteiger partial charge in [-0.2, -0.15) is 0 Å². The molecule has 0 saturated heterocycles. The number of rotatable bonds is 10. The van der Waals surface area contributed by atoms with Gasteiger partial charge in [0.05, 0.1) is 17.1 Å². The highest BCUT2D eigenvalue weighted by molar-refractivity contribution is 7.98. The van der Waals surface area contributed by atoms with Crippen LogP contribution in [0.15, 0.2) is 53.4 Å². The maximum atomic E-state index is 13.8. The number of anilines is 1. The smallest absolute Gasteiger partial charge is 0.357 e. The Kier molecular flexibility index (Phi) is 8.28. The molecule has 2 aromatic carbocycles. The van der Waals surface area contributed by atoms with Crippen molar-refractivity contribution in [2.45, 2.75) is 50.6 Å². The van der Waals surface area contributed by atoms with Gasteiger partial charge in [-0.1, -0.05) is 12.1 Å². The molecule has 1 N–H and O–H groups in total. The summed E-state index contributed by atoms with van der Waals surface area (Å²) in [5, 5.41) is 14.1. The molecule has 1 unspecified atom stereocenters. The quantitative estimate of drug-likeness (QED) is 0.197. The first-order valence-electron chi connectivity index (χ1n) is 9.26. The third kappa shape index (κ3) is 6.57. The Morgan fingerprint density at radius 3 is 1.90 bits per heavy atom. The lowest BCUT2D eigenvalue weighted by Crippen LogP contribution is -2.19. The molecule has 0 radical (unpaired) electrons. The summed E-state index contributed by atoms with van der Waals surface area (Å²) in [4.78, 5) is 11.5. The van der Waals surface area contributed by atoms with Gasteiger partial charge < -0.3 is 14.4 Å². The van der Waals surface area contributed by atoms with Crippen molar-refractivity contribution < 1.29 is 18.5 Å². The Hall–Kier alpha value is -1.86. The van der Waals surface area contributed by atoms with Crippen LogP contribution < -0.4 is 5.32 Å². The molecular formula is C20H27N2O5PS. The number of nitro benzene ring substituents is 1. The van der Waals surface area contributed by atoms with Crippen LogP contribution in [0.3, 0.4) is 0 Å². The molecular weight excluding hydrogens is 411 g/mol. The van der Waals surface area contributed by atoms with Gasteiger partial charge in [0.1, 0.15) is 0 Å². The van der Waals surface area contributed by atoms with Gasteiger partial charge in [0, 0.05) is 22.7 Å². The second-order valence-corrected chi connectivity index (χ2v) is 9.87. The summed E-state index contributed by atoms with van der Waals surface area (Å²) in [6, 6.07) is 13.6. The van der Waals surface area contributed by atoms with Gasteiger partial charge in [0.25, 0.3) is 5.69 Å². The molecule has 0 aliphatic rings. The third-order valence-electron chi connectivity index (χ3n) is 3.84. The van der Waals surface area contributed by atoms with Crippen molar-refractivity contribution in [3.05, 3.63) is 64.2 Å². The van der Waals surface area contributed by atoms with Gasteiger partial charge in [-0.3, -0.25) is 14.7 Å². The fourth-order valence-corrected chi connectivity index (χ4v) is 5.42. The summed E-state index contributed by atoms with van der Waals surface area (Å²) in [5.41, 5.74) is 1.30. The van der Waals surface area contributed by atoms with E-state index in [0.29, 0.717) is 5.69 Å². The van der Waals surface area contributed by atoms with Crippen molar-refractivity contribution in [1.29, 1.82) is 0 Å². The monoisotopic (exact) mass is 438 g/mol. The number of non-ortho nitro benzene ring substituents is 1. The SMILES string of the molecule is CSc1ccc(C(Nc2ccc([N+](=O)[O-])cc2)P(=O)(OC(C)C)OC(C)C)cc1. The van der Waals surface area contributed by atoms with Gasteiger partial charge in [0.15, 0.2) is 5.78 Å². The van der Waals surface area contributed by atoms with Gasteiger partial charge in [-0.15, -0.1) is 11.8 Å². The highest BCUT2D eigenvalue weighted by Gasteiger charge is 2.39. The number of nitro groups is 1. The molecule has 0 aliphatic heterocycles. The topological polar surface area (TPSA) is 90.7 Å². The van der Waals surface area contributed by atoms with E-state index in [9.17, 15) is 14.7 Å². The standard InChI is InChI=1S/C20H27N2O5PS/c1-14(2)26-28(25,27-15(3)4)20(16-6-12-19(29-5)13-7-16)21-17-8-10-18(11-9-17)22(23)24/h6-15,20-21H,1-5H3. The molecule has 2 rings (SSSR count). The molecule has 0 bridgehead atoms. The maximum absolute atomic E-state index is 13.8. The molecule has 0 spiro atoms. The van der Waals surface area contributed by atoms with E-state index in [1.54, 1.807) is 51.6 Å². The summed E-state index contributed by atoms with van der Waals surface area (Å²) in [5.74, 6) is -0.773. The van der Waals surface area contributed by atoms with E-state index in [2.05, 4.69) is 5.32 Å². The molecule has 0 amide bonds. The lowest BCUT2D eigenvalue weighted by atomic mass is 10.2. The van der Waals surface area contributed by atoms with E-state index in [1.807, 2.05) is 30.5 Å². The van der Waals surface area contributed by atoms with Gasteiger partial charge >= 0.3 is 7.60 Å². The van der Waals surface area contributed by atoms with Crippen LogP contribution in [0, 0.1) is 10.1 Å². The van der Waals surface area contributed by atoms with Crippen molar-refractivity contribution in [2.24, 2.45) is 0 Å². The average Bonchev–Trinajstić information content (AvgIpc) is 2.65. The molecule has 9 heteroatoms. The Morgan fingerprint density at radius 2 is 1.48 bits per heavy atom. The lowest BCUT2D eigenvalue weighted by molar-refractivity contribution is -0.384. The maximum Gasteiger partial charge on any atom is 0.357 e. The van der Waals surface area contributed by atoms with Gasteiger partial charge in [-0.05, 0) is 63.8 Å². The largest absolute Gasteiger partial charge is 0.368 e. The van der Waals surface area contributed by atoms with Crippen LogP contribution in [0.4, 0.5) is 11.4 Å². The molecule has 0 saturated carbocycles. The van der Waals surface area contributed by atoms with Crippen LogP contribution >= 0.6 is 19.4 Å². The van der Waals surface area contributed by atoms with Crippen LogP contribution in [-0.2, 0) is 13.6 Å². The molecule has 0 aliphatic carbocycles. The summed E-state index contributed by atoms with van der Waals surface area (Å²) in [6.45, 7) is 7.21. The van der Waals surface area contributed by atoms with Crippen molar-refractivity contribution >= 4 is 30.7 Å². The first kappa shape index (κ1) is 23.4. The molecule has 7 nitrogen and oxygen atoms in total. The predicted molar refractivity (Wildman–Crippen MR) is 118 cm³/mol. The molecule has 1 atom stereocenters. The molecule has 29 heavy (non-hydrogen) atoms. The average molecular weight is 438 g/mol. The van der Waals surface area contributed by atoms with E-state index in [-0.39, 0.29) is 17.9 Å². The Morgan fingerprint density at radius 1 is 0.966 bits per heavy atom. The second-order valence-electron chi connectivity index (χ2n) is 6.97. The fraction of sp³-hybridized carbons (Fsp3) is 0.400. The van der Waals surface area contributed by atoms with Crippen LogP contribution in [0.2, 0.25) is 0 Å². The zero-order valence-corrected chi connectivity index (χ0v) is 18.9. The van der Waals surface area contributed by atoms with E-state index < -0.39 is 18.3 Å². The van der Waals surface area contributed by atoms with Gasteiger partial charge in [0.2, 0.25) is 0 Å². The van der Waals surface area contributed by atoms with Crippen molar-refractivity contribution in [3.63, 3.8) is 0 Å². The van der Waals surface area contributed by atoms with E-state index in [1.165, 1.54) is 12.1 Å². The summed E-state index contributed by atoms with van der Waals surface area (Å²) < 4.78 is 25.5. The Labute approximate surface area is 175 Å². The number of nitrogens with zero attached hydrogens (tertiary/aromatic N) is 1.